The number of halogens is 1. The molecule has 2 fully saturated rings. The van der Waals surface area contributed by atoms with Crippen LogP contribution in [-0.4, -0.2) is 48.2 Å². The summed E-state index contributed by atoms with van der Waals surface area (Å²) in [5.41, 5.74) is -0.662. The van der Waals surface area contributed by atoms with Crippen LogP contribution >= 0.6 is 11.6 Å². The minimum absolute atomic E-state index is 0.00485. The third-order valence-corrected chi connectivity index (χ3v) is 5.87. The molecule has 0 aliphatic carbocycles. The lowest BCUT2D eigenvalue weighted by molar-refractivity contribution is -0.156. The summed E-state index contributed by atoms with van der Waals surface area (Å²) < 4.78 is 5.50. The van der Waals surface area contributed by atoms with Crippen molar-refractivity contribution in [2.24, 2.45) is 5.41 Å². The highest BCUT2D eigenvalue weighted by atomic mass is 35.5. The zero-order chi connectivity index (χ0) is 18.1. The molecule has 0 radical (unpaired) electrons. The van der Waals surface area contributed by atoms with Gasteiger partial charge >= 0.3 is 5.97 Å². The molecule has 2 aliphatic heterocycles. The SMILES string of the molecule is CC1(C(=O)O)CCCN(C(=O)C2(c3cccc(Cl)c3)CCOCC2)C1. The van der Waals surface area contributed by atoms with E-state index in [2.05, 4.69) is 0 Å². The molecular formula is C19H24ClNO4. The molecule has 2 heterocycles. The highest BCUT2D eigenvalue weighted by molar-refractivity contribution is 6.30. The molecule has 0 bridgehead atoms. The van der Waals surface area contributed by atoms with Gasteiger partial charge in [-0.05, 0) is 50.3 Å². The molecule has 136 valence electrons. The van der Waals surface area contributed by atoms with Crippen molar-refractivity contribution in [3.05, 3.63) is 34.9 Å². The maximum atomic E-state index is 13.5. The van der Waals surface area contributed by atoms with Gasteiger partial charge in [-0.15, -0.1) is 0 Å². The van der Waals surface area contributed by atoms with Gasteiger partial charge in [-0.2, -0.15) is 0 Å². The normalized spacial score (nSPS) is 26.2. The third kappa shape index (κ3) is 3.40. The van der Waals surface area contributed by atoms with Gasteiger partial charge in [0.25, 0.3) is 0 Å². The van der Waals surface area contributed by atoms with Crippen molar-refractivity contribution in [1.82, 2.24) is 4.90 Å². The highest BCUT2D eigenvalue weighted by Gasteiger charge is 2.47. The standard InChI is InChI=1S/C19H24ClNO4/c1-18(17(23)24)6-3-9-21(13-18)16(22)19(7-10-25-11-8-19)14-4-2-5-15(20)12-14/h2,4-5,12H,3,6-11,13H2,1H3,(H,23,24). The summed E-state index contributed by atoms with van der Waals surface area (Å²) >= 11 is 6.17. The van der Waals surface area contributed by atoms with Gasteiger partial charge in [0.15, 0.2) is 0 Å². The third-order valence-electron chi connectivity index (χ3n) is 5.63. The predicted molar refractivity (Wildman–Crippen MR) is 94.7 cm³/mol. The van der Waals surface area contributed by atoms with E-state index in [4.69, 9.17) is 16.3 Å². The van der Waals surface area contributed by atoms with E-state index < -0.39 is 16.8 Å². The first-order valence-electron chi connectivity index (χ1n) is 8.74. The molecule has 1 N–H and O–H groups in total. The van der Waals surface area contributed by atoms with Crippen molar-refractivity contribution in [3.63, 3.8) is 0 Å². The number of rotatable bonds is 3. The van der Waals surface area contributed by atoms with E-state index in [0.717, 1.165) is 5.56 Å². The molecule has 0 aromatic heterocycles. The number of nitrogens with zero attached hydrogens (tertiary/aromatic N) is 1. The topological polar surface area (TPSA) is 66.8 Å². The smallest absolute Gasteiger partial charge is 0.311 e. The maximum Gasteiger partial charge on any atom is 0.311 e. The van der Waals surface area contributed by atoms with E-state index in [9.17, 15) is 14.7 Å². The van der Waals surface area contributed by atoms with Crippen LogP contribution in [0.15, 0.2) is 24.3 Å². The molecule has 1 amide bonds. The van der Waals surface area contributed by atoms with Gasteiger partial charge in [0.2, 0.25) is 5.91 Å². The number of hydrogen-bond donors (Lipinski definition) is 1. The summed E-state index contributed by atoms with van der Waals surface area (Å²) in [5.74, 6) is -0.834. The van der Waals surface area contributed by atoms with Crippen molar-refractivity contribution in [1.29, 1.82) is 0 Å². The van der Waals surface area contributed by atoms with Crippen molar-refractivity contribution < 1.29 is 19.4 Å². The van der Waals surface area contributed by atoms with Gasteiger partial charge in [0, 0.05) is 31.3 Å². The van der Waals surface area contributed by atoms with E-state index in [1.165, 1.54) is 0 Å². The molecule has 0 saturated carbocycles. The van der Waals surface area contributed by atoms with Gasteiger partial charge < -0.3 is 14.7 Å². The van der Waals surface area contributed by atoms with E-state index in [-0.39, 0.29) is 12.5 Å². The Hall–Kier alpha value is -1.59. The molecule has 0 spiro atoms. The Morgan fingerprint density at radius 2 is 1.96 bits per heavy atom. The molecule has 1 unspecified atom stereocenters. The molecule has 1 aromatic carbocycles. The Labute approximate surface area is 152 Å². The predicted octanol–water partition coefficient (Wildman–Crippen LogP) is 3.10. The van der Waals surface area contributed by atoms with Crippen LogP contribution < -0.4 is 0 Å². The van der Waals surface area contributed by atoms with Crippen LogP contribution in [0, 0.1) is 5.41 Å². The van der Waals surface area contributed by atoms with Crippen LogP contribution in [0.1, 0.15) is 38.2 Å². The molecule has 3 rings (SSSR count). The van der Waals surface area contributed by atoms with E-state index in [1.807, 2.05) is 18.2 Å². The van der Waals surface area contributed by atoms with Crippen LogP contribution in [0.2, 0.25) is 5.02 Å². The summed E-state index contributed by atoms with van der Waals surface area (Å²) in [6.07, 6.45) is 2.48. The summed E-state index contributed by atoms with van der Waals surface area (Å²) in [6, 6.07) is 7.45. The summed E-state index contributed by atoms with van der Waals surface area (Å²) in [6.45, 7) is 3.62. The summed E-state index contributed by atoms with van der Waals surface area (Å²) in [4.78, 5) is 26.9. The average Bonchev–Trinajstić information content (AvgIpc) is 2.61. The zero-order valence-corrected chi connectivity index (χ0v) is 15.2. The van der Waals surface area contributed by atoms with Crippen LogP contribution in [0.25, 0.3) is 0 Å². The number of aliphatic carboxylic acids is 1. The van der Waals surface area contributed by atoms with Crippen molar-refractivity contribution >= 4 is 23.5 Å². The molecule has 6 heteroatoms. The van der Waals surface area contributed by atoms with Crippen molar-refractivity contribution in [2.75, 3.05) is 26.3 Å². The lowest BCUT2D eigenvalue weighted by Crippen LogP contribution is -2.55. The van der Waals surface area contributed by atoms with E-state index in [0.29, 0.717) is 50.5 Å². The Morgan fingerprint density at radius 1 is 1.24 bits per heavy atom. The number of carbonyl (C=O) groups excluding carboxylic acids is 1. The number of hydrogen-bond acceptors (Lipinski definition) is 3. The fraction of sp³-hybridized carbons (Fsp3) is 0.579. The first kappa shape index (κ1) is 18.2. The Kier molecular flexibility index (Phi) is 5.07. The number of likely N-dealkylation sites (tertiary alicyclic amines) is 1. The first-order valence-corrected chi connectivity index (χ1v) is 9.12. The number of carboxylic acid groups (broad SMARTS) is 1. The average molecular weight is 366 g/mol. The second kappa shape index (κ2) is 6.96. The van der Waals surface area contributed by atoms with Gasteiger partial charge in [-0.25, -0.2) is 0 Å². The molecule has 25 heavy (non-hydrogen) atoms. The van der Waals surface area contributed by atoms with E-state index in [1.54, 1.807) is 17.9 Å². The van der Waals surface area contributed by atoms with Crippen molar-refractivity contribution in [2.45, 2.75) is 38.0 Å². The fourth-order valence-electron chi connectivity index (χ4n) is 4.02. The monoisotopic (exact) mass is 365 g/mol. The number of carbonyl (C=O) groups is 2. The number of piperidine rings is 1. The lowest BCUT2D eigenvalue weighted by Gasteiger charge is -2.44. The summed E-state index contributed by atoms with van der Waals surface area (Å²) in [5, 5.41) is 10.2. The molecule has 1 atom stereocenters. The second-order valence-electron chi connectivity index (χ2n) is 7.40. The first-order chi connectivity index (χ1) is 11.9. The Bertz CT molecular complexity index is 671. The summed E-state index contributed by atoms with van der Waals surface area (Å²) in [7, 11) is 0. The molecule has 5 nitrogen and oxygen atoms in total. The van der Waals surface area contributed by atoms with E-state index >= 15 is 0 Å². The number of amides is 1. The van der Waals surface area contributed by atoms with Crippen LogP contribution in [0.3, 0.4) is 0 Å². The minimum Gasteiger partial charge on any atom is -0.481 e. The largest absolute Gasteiger partial charge is 0.481 e. The van der Waals surface area contributed by atoms with Gasteiger partial charge in [-0.1, -0.05) is 23.7 Å². The Balaban J connectivity index is 1.94. The van der Waals surface area contributed by atoms with Gasteiger partial charge in [-0.3, -0.25) is 9.59 Å². The maximum absolute atomic E-state index is 13.5. The zero-order valence-electron chi connectivity index (χ0n) is 14.5. The number of benzene rings is 1. The van der Waals surface area contributed by atoms with Gasteiger partial charge in [0.05, 0.1) is 10.8 Å². The Morgan fingerprint density at radius 3 is 2.60 bits per heavy atom. The van der Waals surface area contributed by atoms with Crippen LogP contribution in [-0.2, 0) is 19.7 Å². The molecule has 1 aromatic rings. The molecule has 2 saturated heterocycles. The van der Waals surface area contributed by atoms with Gasteiger partial charge in [0.1, 0.15) is 0 Å². The fourth-order valence-corrected chi connectivity index (χ4v) is 4.21. The molecule has 2 aliphatic rings. The highest BCUT2D eigenvalue weighted by Crippen LogP contribution is 2.40. The van der Waals surface area contributed by atoms with Crippen LogP contribution in [0.4, 0.5) is 0 Å². The van der Waals surface area contributed by atoms with Crippen molar-refractivity contribution in [3.8, 4) is 0 Å². The number of carboxylic acids is 1. The minimum atomic E-state index is -0.880. The quantitative estimate of drug-likeness (QED) is 0.893. The molecular weight excluding hydrogens is 342 g/mol. The lowest BCUT2D eigenvalue weighted by atomic mass is 9.72. The second-order valence-corrected chi connectivity index (χ2v) is 7.84. The number of ether oxygens (including phenoxy) is 1. The van der Waals surface area contributed by atoms with Crippen LogP contribution in [0.5, 0.6) is 0 Å².